The molecule has 32 heavy (non-hydrogen) atoms. The van der Waals surface area contributed by atoms with Gasteiger partial charge in [0, 0.05) is 29.6 Å². The highest BCUT2D eigenvalue weighted by atomic mass is 16.7. The lowest BCUT2D eigenvalue weighted by atomic mass is 9.43. The van der Waals surface area contributed by atoms with Crippen molar-refractivity contribution in [1.29, 1.82) is 0 Å². The summed E-state index contributed by atoms with van der Waals surface area (Å²) < 4.78 is 13.1. The number of aliphatic hydroxyl groups is 2. The third-order valence-corrected chi connectivity index (χ3v) is 11.8. The molecule has 0 amide bonds. The molecular weight excluding hydrogens is 404 g/mol. The standard InChI is InChI=1S/C27H42O5/c1-14-7-10-27(31-13-14)15(2)21-20(32-27)12-19-18-6-5-16-11-17(28)8-9-25(16,3)22(18)23(29)24(30)26(19,21)4/h14-22,24,28,30H,5-13H2,1-4H3/t14-,15+,16?,17?,18+,19+,20+,21+,22-,24?,25+,26+,27-/m1/s1. The zero-order valence-electron chi connectivity index (χ0n) is 20.3. The van der Waals surface area contributed by atoms with Crippen molar-refractivity contribution in [1.82, 2.24) is 0 Å². The van der Waals surface area contributed by atoms with Gasteiger partial charge < -0.3 is 19.7 Å². The van der Waals surface area contributed by atoms with Gasteiger partial charge in [-0.15, -0.1) is 0 Å². The third-order valence-electron chi connectivity index (χ3n) is 11.8. The van der Waals surface area contributed by atoms with E-state index in [4.69, 9.17) is 9.47 Å². The lowest BCUT2D eigenvalue weighted by molar-refractivity contribution is -0.273. The summed E-state index contributed by atoms with van der Waals surface area (Å²) in [4.78, 5) is 14.0. The molecule has 2 heterocycles. The average molecular weight is 447 g/mol. The lowest BCUT2D eigenvalue weighted by Crippen LogP contribution is -2.64. The Bertz CT molecular complexity index is 789. The highest BCUT2D eigenvalue weighted by Crippen LogP contribution is 2.70. The number of fused-ring (bicyclic) bond motifs is 7. The van der Waals surface area contributed by atoms with Gasteiger partial charge in [0.25, 0.3) is 0 Å². The van der Waals surface area contributed by atoms with E-state index in [0.29, 0.717) is 23.7 Å². The number of ketones is 1. The Morgan fingerprint density at radius 3 is 2.50 bits per heavy atom. The number of hydrogen-bond acceptors (Lipinski definition) is 5. The summed E-state index contributed by atoms with van der Waals surface area (Å²) in [5.74, 6) is 1.45. The van der Waals surface area contributed by atoms with Gasteiger partial charge in [-0.3, -0.25) is 4.79 Å². The first-order valence-electron chi connectivity index (χ1n) is 13.3. The van der Waals surface area contributed by atoms with Crippen molar-refractivity contribution >= 4 is 5.78 Å². The first-order chi connectivity index (χ1) is 15.1. The number of hydrogen-bond donors (Lipinski definition) is 2. The van der Waals surface area contributed by atoms with Crippen LogP contribution in [0.25, 0.3) is 0 Å². The first kappa shape index (κ1) is 22.0. The second kappa shape index (κ2) is 7.02. The smallest absolute Gasteiger partial charge is 0.171 e. The van der Waals surface area contributed by atoms with Crippen LogP contribution in [0.5, 0.6) is 0 Å². The van der Waals surface area contributed by atoms with Crippen LogP contribution in [0.4, 0.5) is 0 Å². The molecule has 0 aromatic rings. The highest BCUT2D eigenvalue weighted by molar-refractivity contribution is 5.88. The molecule has 5 heteroatoms. The molecule has 1 spiro atoms. The quantitative estimate of drug-likeness (QED) is 0.589. The van der Waals surface area contributed by atoms with Crippen LogP contribution >= 0.6 is 0 Å². The molecule has 0 bridgehead atoms. The molecule has 13 atom stereocenters. The Morgan fingerprint density at radius 2 is 1.78 bits per heavy atom. The molecule has 2 saturated heterocycles. The molecule has 180 valence electrons. The zero-order valence-corrected chi connectivity index (χ0v) is 20.3. The van der Waals surface area contributed by atoms with E-state index in [1.807, 2.05) is 0 Å². The van der Waals surface area contributed by atoms with Crippen molar-refractivity contribution in [2.75, 3.05) is 6.61 Å². The molecule has 4 saturated carbocycles. The predicted molar refractivity (Wildman–Crippen MR) is 120 cm³/mol. The van der Waals surface area contributed by atoms with Crippen molar-refractivity contribution in [2.24, 2.45) is 52.3 Å². The summed E-state index contributed by atoms with van der Waals surface area (Å²) in [5, 5.41) is 22.0. The van der Waals surface area contributed by atoms with E-state index in [9.17, 15) is 15.0 Å². The molecule has 2 N–H and O–H groups in total. The summed E-state index contributed by atoms with van der Waals surface area (Å²) in [7, 11) is 0. The normalized spacial score (nSPS) is 61.8. The van der Waals surface area contributed by atoms with Gasteiger partial charge in [0.15, 0.2) is 11.6 Å². The Kier molecular flexibility index (Phi) is 4.83. The summed E-state index contributed by atoms with van der Waals surface area (Å²) in [6.07, 6.45) is 6.54. The van der Waals surface area contributed by atoms with Crippen LogP contribution < -0.4 is 0 Å². The third kappa shape index (κ3) is 2.63. The van der Waals surface area contributed by atoms with Gasteiger partial charge in [-0.2, -0.15) is 0 Å². The predicted octanol–water partition coefficient (Wildman–Crippen LogP) is 3.94. The molecule has 6 fully saturated rings. The average Bonchev–Trinajstić information content (AvgIpc) is 3.20. The molecule has 6 rings (SSSR count). The van der Waals surface area contributed by atoms with Gasteiger partial charge >= 0.3 is 0 Å². The Morgan fingerprint density at radius 1 is 1.00 bits per heavy atom. The molecule has 2 aliphatic heterocycles. The molecule has 3 unspecified atom stereocenters. The van der Waals surface area contributed by atoms with Crippen LogP contribution in [-0.4, -0.2) is 46.7 Å². The van der Waals surface area contributed by atoms with Crippen molar-refractivity contribution in [3.63, 3.8) is 0 Å². The fourth-order valence-electron chi connectivity index (χ4n) is 10.0. The van der Waals surface area contributed by atoms with Gasteiger partial charge in [0.1, 0.15) is 6.10 Å². The van der Waals surface area contributed by atoms with Crippen LogP contribution in [0.3, 0.4) is 0 Å². The monoisotopic (exact) mass is 446 g/mol. The summed E-state index contributed by atoms with van der Waals surface area (Å²) in [5.41, 5.74) is -0.523. The largest absolute Gasteiger partial charge is 0.393 e. The molecule has 0 radical (unpaired) electrons. The fraction of sp³-hybridized carbons (Fsp3) is 0.963. The maximum atomic E-state index is 14.0. The van der Waals surface area contributed by atoms with Gasteiger partial charge in [-0.25, -0.2) is 0 Å². The van der Waals surface area contributed by atoms with E-state index in [-0.39, 0.29) is 41.2 Å². The van der Waals surface area contributed by atoms with Crippen LogP contribution in [0, 0.1) is 52.3 Å². The highest BCUT2D eigenvalue weighted by Gasteiger charge is 2.73. The summed E-state index contributed by atoms with van der Waals surface area (Å²) in [6.45, 7) is 9.70. The second-order valence-electron chi connectivity index (χ2n) is 13.1. The van der Waals surface area contributed by atoms with E-state index < -0.39 is 17.3 Å². The molecule has 0 aromatic carbocycles. The van der Waals surface area contributed by atoms with E-state index in [0.717, 1.165) is 58.0 Å². The fourth-order valence-corrected chi connectivity index (χ4v) is 10.0. The van der Waals surface area contributed by atoms with Gasteiger partial charge in [0.05, 0.1) is 18.8 Å². The van der Waals surface area contributed by atoms with Crippen molar-refractivity contribution < 1.29 is 24.5 Å². The molecule has 6 aliphatic rings. The van der Waals surface area contributed by atoms with Crippen LogP contribution in [0.15, 0.2) is 0 Å². The number of aliphatic hydroxyl groups excluding tert-OH is 2. The Labute approximate surface area is 192 Å². The molecular formula is C27H42O5. The van der Waals surface area contributed by atoms with Crippen molar-refractivity contribution in [3.05, 3.63) is 0 Å². The number of ether oxygens (including phenoxy) is 2. The number of rotatable bonds is 0. The van der Waals surface area contributed by atoms with Gasteiger partial charge in [0.2, 0.25) is 0 Å². The SMILES string of the molecule is C[C@@H]1CC[C@@]2(OC1)O[C@H]1C[C@H]3[C@@H]4CCC5CC(O)CC[C@]5(C)[C@H]4C(=O)C(O)[C@]3(C)[C@H]1[C@@H]2C. The maximum absolute atomic E-state index is 14.0. The minimum atomic E-state index is -0.921. The van der Waals surface area contributed by atoms with Gasteiger partial charge in [-0.05, 0) is 74.0 Å². The molecule has 4 aliphatic carbocycles. The van der Waals surface area contributed by atoms with Crippen LogP contribution in [0.1, 0.15) is 79.1 Å². The minimum Gasteiger partial charge on any atom is -0.393 e. The molecule has 5 nitrogen and oxygen atoms in total. The van der Waals surface area contributed by atoms with Crippen LogP contribution in [0.2, 0.25) is 0 Å². The number of carbonyl (C=O) groups is 1. The lowest BCUT2D eigenvalue weighted by Gasteiger charge is -2.61. The Hall–Kier alpha value is -0.490. The van der Waals surface area contributed by atoms with Crippen molar-refractivity contribution in [2.45, 2.75) is 103 Å². The first-order valence-corrected chi connectivity index (χ1v) is 13.3. The number of carbonyl (C=O) groups excluding carboxylic acids is 1. The zero-order chi connectivity index (χ0) is 22.6. The summed E-state index contributed by atoms with van der Waals surface area (Å²) in [6, 6.07) is 0. The van der Waals surface area contributed by atoms with E-state index in [1.165, 1.54) is 0 Å². The van der Waals surface area contributed by atoms with E-state index in [1.54, 1.807) is 0 Å². The minimum absolute atomic E-state index is 0.0725. The van der Waals surface area contributed by atoms with Crippen molar-refractivity contribution in [3.8, 4) is 0 Å². The van der Waals surface area contributed by atoms with E-state index >= 15 is 0 Å². The number of Topliss-reactive ketones (excluding diaryl/α,β-unsaturated/α-hetero) is 1. The van der Waals surface area contributed by atoms with Gasteiger partial charge in [-0.1, -0.05) is 27.7 Å². The second-order valence-corrected chi connectivity index (χ2v) is 13.1. The van der Waals surface area contributed by atoms with Crippen LogP contribution in [-0.2, 0) is 14.3 Å². The Balaban J connectivity index is 1.34. The molecule has 0 aromatic heterocycles. The summed E-state index contributed by atoms with van der Waals surface area (Å²) >= 11 is 0. The topological polar surface area (TPSA) is 76.0 Å². The maximum Gasteiger partial charge on any atom is 0.171 e. The van der Waals surface area contributed by atoms with E-state index in [2.05, 4.69) is 27.7 Å².